The first kappa shape index (κ1) is 16.8. The molecule has 0 radical (unpaired) electrons. The number of hydrogen-bond donors (Lipinski definition) is 0. The predicted molar refractivity (Wildman–Crippen MR) is 88.9 cm³/mol. The van der Waals surface area contributed by atoms with Gasteiger partial charge in [0.25, 0.3) is 0 Å². The van der Waals surface area contributed by atoms with E-state index in [1.807, 2.05) is 31.3 Å². The van der Waals surface area contributed by atoms with Crippen molar-refractivity contribution in [2.24, 2.45) is 5.92 Å². The van der Waals surface area contributed by atoms with Crippen LogP contribution in [-0.4, -0.2) is 49.0 Å². The van der Waals surface area contributed by atoms with Gasteiger partial charge in [0, 0.05) is 19.2 Å². The molecule has 22 heavy (non-hydrogen) atoms. The van der Waals surface area contributed by atoms with Crippen LogP contribution in [0.2, 0.25) is 0 Å². The van der Waals surface area contributed by atoms with Crippen molar-refractivity contribution in [3.05, 3.63) is 29.8 Å². The Hall–Kier alpha value is -1.55. The molecule has 1 aromatic rings. The third-order valence-corrected chi connectivity index (χ3v) is 3.94. The van der Waals surface area contributed by atoms with Crippen LogP contribution in [0.1, 0.15) is 32.3 Å². The maximum Gasteiger partial charge on any atom is 0.236 e. The molecular weight excluding hydrogens is 276 g/mol. The van der Waals surface area contributed by atoms with Gasteiger partial charge < -0.3 is 9.64 Å². The van der Waals surface area contributed by atoms with Crippen molar-refractivity contribution in [3.63, 3.8) is 0 Å². The highest BCUT2D eigenvalue weighted by atomic mass is 16.5. The maximum atomic E-state index is 12.3. The molecule has 0 spiro atoms. The topological polar surface area (TPSA) is 32.8 Å². The number of benzene rings is 1. The summed E-state index contributed by atoms with van der Waals surface area (Å²) in [6.45, 7) is 8.19. The minimum absolute atomic E-state index is 0.181. The van der Waals surface area contributed by atoms with E-state index in [2.05, 4.69) is 18.7 Å². The number of likely N-dealkylation sites (tertiary alicyclic amines) is 1. The molecule has 2 rings (SSSR count). The molecule has 0 saturated carbocycles. The Balaban J connectivity index is 1.92. The second-order valence-electron chi connectivity index (χ2n) is 6.55. The minimum Gasteiger partial charge on any atom is -0.493 e. The minimum atomic E-state index is 0.181. The van der Waals surface area contributed by atoms with Crippen LogP contribution in [0.3, 0.4) is 0 Å². The van der Waals surface area contributed by atoms with Crippen LogP contribution in [0, 0.1) is 5.92 Å². The Morgan fingerprint density at radius 3 is 2.64 bits per heavy atom. The lowest BCUT2D eigenvalue weighted by Crippen LogP contribution is -2.36. The normalized spacial score (nSPS) is 15.3. The van der Waals surface area contributed by atoms with Crippen LogP contribution < -0.4 is 4.74 Å². The number of amides is 1. The molecule has 1 amide bonds. The number of ether oxygens (including phenoxy) is 1. The van der Waals surface area contributed by atoms with Crippen LogP contribution in [-0.2, 0) is 11.3 Å². The van der Waals surface area contributed by atoms with Crippen molar-refractivity contribution < 1.29 is 9.53 Å². The molecule has 1 heterocycles. The van der Waals surface area contributed by atoms with Crippen molar-refractivity contribution in [2.75, 3.05) is 33.3 Å². The molecule has 0 aliphatic carbocycles. The molecule has 0 bridgehead atoms. The third-order valence-electron chi connectivity index (χ3n) is 3.94. The first-order valence-electron chi connectivity index (χ1n) is 8.23. The van der Waals surface area contributed by atoms with Gasteiger partial charge in [-0.05, 0) is 37.9 Å². The van der Waals surface area contributed by atoms with Crippen molar-refractivity contribution in [1.29, 1.82) is 0 Å². The number of carbonyl (C=O) groups is 1. The van der Waals surface area contributed by atoms with Gasteiger partial charge in [0.2, 0.25) is 5.91 Å². The zero-order chi connectivity index (χ0) is 15.9. The Labute approximate surface area is 134 Å². The van der Waals surface area contributed by atoms with Crippen molar-refractivity contribution in [2.45, 2.75) is 33.2 Å². The molecule has 4 nitrogen and oxygen atoms in total. The SMILES string of the molecule is CC(C)COc1ccccc1CN(C)C(=O)CN1CCCC1. The first-order chi connectivity index (χ1) is 10.6. The van der Waals surface area contributed by atoms with E-state index < -0.39 is 0 Å². The highest BCUT2D eigenvalue weighted by molar-refractivity contribution is 5.78. The summed E-state index contributed by atoms with van der Waals surface area (Å²) < 4.78 is 5.86. The lowest BCUT2D eigenvalue weighted by molar-refractivity contribution is -0.131. The zero-order valence-electron chi connectivity index (χ0n) is 14.0. The smallest absolute Gasteiger partial charge is 0.236 e. The monoisotopic (exact) mass is 304 g/mol. The Morgan fingerprint density at radius 1 is 1.27 bits per heavy atom. The van der Waals surface area contributed by atoms with Crippen molar-refractivity contribution in [3.8, 4) is 5.75 Å². The summed E-state index contributed by atoms with van der Waals surface area (Å²) >= 11 is 0. The number of para-hydroxylation sites is 1. The van der Waals surface area contributed by atoms with Gasteiger partial charge in [0.1, 0.15) is 5.75 Å². The molecule has 0 aromatic heterocycles. The average molecular weight is 304 g/mol. The summed E-state index contributed by atoms with van der Waals surface area (Å²) in [5.41, 5.74) is 1.07. The highest BCUT2D eigenvalue weighted by Gasteiger charge is 2.18. The van der Waals surface area contributed by atoms with E-state index in [0.29, 0.717) is 25.6 Å². The summed E-state index contributed by atoms with van der Waals surface area (Å²) in [5, 5.41) is 0. The van der Waals surface area contributed by atoms with E-state index in [1.165, 1.54) is 12.8 Å². The van der Waals surface area contributed by atoms with Crippen LogP contribution in [0.4, 0.5) is 0 Å². The summed E-state index contributed by atoms with van der Waals surface area (Å²) in [6, 6.07) is 7.99. The van der Waals surface area contributed by atoms with E-state index in [4.69, 9.17) is 4.74 Å². The summed E-state index contributed by atoms with van der Waals surface area (Å²) in [5.74, 6) is 1.56. The van der Waals surface area contributed by atoms with Gasteiger partial charge in [-0.25, -0.2) is 0 Å². The van der Waals surface area contributed by atoms with E-state index in [1.54, 1.807) is 4.90 Å². The molecular formula is C18H28N2O2. The summed E-state index contributed by atoms with van der Waals surface area (Å²) in [6.07, 6.45) is 2.42. The number of hydrogen-bond acceptors (Lipinski definition) is 3. The number of carbonyl (C=O) groups excluding carboxylic acids is 1. The van der Waals surface area contributed by atoms with Gasteiger partial charge in [-0.1, -0.05) is 32.0 Å². The van der Waals surface area contributed by atoms with Gasteiger partial charge in [-0.2, -0.15) is 0 Å². The van der Waals surface area contributed by atoms with Crippen molar-refractivity contribution in [1.82, 2.24) is 9.80 Å². The van der Waals surface area contributed by atoms with Crippen LogP contribution in [0.5, 0.6) is 5.75 Å². The average Bonchev–Trinajstić information content (AvgIpc) is 2.99. The predicted octanol–water partition coefficient (Wildman–Crippen LogP) is 2.78. The quantitative estimate of drug-likeness (QED) is 0.776. The van der Waals surface area contributed by atoms with Crippen LogP contribution >= 0.6 is 0 Å². The standard InChI is InChI=1S/C18H28N2O2/c1-15(2)14-22-17-9-5-4-8-16(17)12-19(3)18(21)13-20-10-6-7-11-20/h4-5,8-9,15H,6-7,10-14H2,1-3H3. The van der Waals surface area contributed by atoms with Gasteiger partial charge in [0.05, 0.1) is 13.2 Å². The molecule has 4 heteroatoms. The highest BCUT2D eigenvalue weighted by Crippen LogP contribution is 2.20. The molecule has 1 saturated heterocycles. The van der Waals surface area contributed by atoms with Crippen molar-refractivity contribution >= 4 is 5.91 Å². The van der Waals surface area contributed by atoms with Crippen LogP contribution in [0.25, 0.3) is 0 Å². The number of rotatable bonds is 7. The summed E-state index contributed by atoms with van der Waals surface area (Å²) in [7, 11) is 1.87. The fourth-order valence-electron chi connectivity index (χ4n) is 2.63. The molecule has 1 aliphatic rings. The molecule has 0 unspecified atom stereocenters. The fraction of sp³-hybridized carbons (Fsp3) is 0.611. The number of likely N-dealkylation sites (N-methyl/N-ethyl adjacent to an activating group) is 1. The first-order valence-corrected chi connectivity index (χ1v) is 8.23. The van der Waals surface area contributed by atoms with Gasteiger partial charge in [-0.15, -0.1) is 0 Å². The molecule has 1 aromatic carbocycles. The van der Waals surface area contributed by atoms with E-state index in [-0.39, 0.29) is 5.91 Å². The molecule has 122 valence electrons. The Bertz CT molecular complexity index is 482. The molecule has 0 N–H and O–H groups in total. The molecule has 1 fully saturated rings. The lowest BCUT2D eigenvalue weighted by Gasteiger charge is -2.22. The van der Waals surface area contributed by atoms with Gasteiger partial charge in [-0.3, -0.25) is 9.69 Å². The Morgan fingerprint density at radius 2 is 1.95 bits per heavy atom. The van der Waals surface area contributed by atoms with Crippen LogP contribution in [0.15, 0.2) is 24.3 Å². The van der Waals surface area contributed by atoms with E-state index in [9.17, 15) is 4.79 Å². The largest absolute Gasteiger partial charge is 0.493 e. The maximum absolute atomic E-state index is 12.3. The lowest BCUT2D eigenvalue weighted by atomic mass is 10.2. The summed E-state index contributed by atoms with van der Waals surface area (Å²) in [4.78, 5) is 16.4. The third kappa shape index (κ3) is 5.02. The second-order valence-corrected chi connectivity index (χ2v) is 6.55. The van der Waals surface area contributed by atoms with Gasteiger partial charge in [0.15, 0.2) is 0 Å². The number of nitrogens with zero attached hydrogens (tertiary/aromatic N) is 2. The van der Waals surface area contributed by atoms with Gasteiger partial charge >= 0.3 is 0 Å². The second kappa shape index (κ2) is 8.18. The molecule has 0 atom stereocenters. The fourth-order valence-corrected chi connectivity index (χ4v) is 2.63. The Kier molecular flexibility index (Phi) is 6.25. The zero-order valence-corrected chi connectivity index (χ0v) is 14.0. The molecule has 1 aliphatic heterocycles. The van der Waals surface area contributed by atoms with E-state index >= 15 is 0 Å². The van der Waals surface area contributed by atoms with E-state index in [0.717, 1.165) is 24.4 Å².